The number of rotatable bonds is 4. The molecule has 0 saturated carbocycles. The third kappa shape index (κ3) is 1.87. The average Bonchev–Trinajstić information content (AvgIpc) is 2.71. The lowest BCUT2D eigenvalue weighted by Crippen LogP contribution is -1.97. The second-order valence-corrected chi connectivity index (χ2v) is 4.23. The number of unbranched alkanes of at least 4 members (excludes halogenated alkanes) is 1. The zero-order chi connectivity index (χ0) is 11.5. The van der Waals surface area contributed by atoms with Crippen molar-refractivity contribution in [1.29, 1.82) is 0 Å². The number of aryl methyl sites for hydroxylation is 1. The minimum atomic E-state index is 0.252. The molecule has 0 unspecified atom stereocenters. The van der Waals surface area contributed by atoms with Crippen molar-refractivity contribution in [3.8, 4) is 0 Å². The smallest absolute Gasteiger partial charge is 0.165 e. The summed E-state index contributed by atoms with van der Waals surface area (Å²) in [5.41, 5.74) is 3.07. The Bertz CT molecular complexity index is 510. The SMILES string of the molecule is CCCCC(=O)c1c[nH]c2cccc(C)c12. The fraction of sp³-hybridized carbons (Fsp3) is 0.357. The molecule has 1 aromatic heterocycles. The zero-order valence-corrected chi connectivity index (χ0v) is 9.84. The highest BCUT2D eigenvalue weighted by Gasteiger charge is 2.12. The third-order valence-electron chi connectivity index (χ3n) is 2.97. The Morgan fingerprint density at radius 3 is 2.94 bits per heavy atom. The average molecular weight is 215 g/mol. The number of nitrogens with one attached hydrogen (secondary N) is 1. The molecule has 0 saturated heterocycles. The van der Waals surface area contributed by atoms with Gasteiger partial charge in [0.15, 0.2) is 5.78 Å². The van der Waals surface area contributed by atoms with Crippen LogP contribution in [0.4, 0.5) is 0 Å². The molecule has 0 spiro atoms. The highest BCUT2D eigenvalue weighted by Crippen LogP contribution is 2.23. The summed E-state index contributed by atoms with van der Waals surface area (Å²) >= 11 is 0. The molecular weight excluding hydrogens is 198 g/mol. The van der Waals surface area contributed by atoms with Crippen LogP contribution in [0.3, 0.4) is 0 Å². The Kier molecular flexibility index (Phi) is 3.09. The van der Waals surface area contributed by atoms with Crippen molar-refractivity contribution >= 4 is 16.7 Å². The van der Waals surface area contributed by atoms with Gasteiger partial charge in [-0.05, 0) is 25.0 Å². The summed E-state index contributed by atoms with van der Waals surface area (Å²) in [6, 6.07) is 6.07. The number of hydrogen-bond donors (Lipinski definition) is 1. The number of carbonyl (C=O) groups is 1. The van der Waals surface area contributed by atoms with Crippen molar-refractivity contribution in [1.82, 2.24) is 4.98 Å². The summed E-state index contributed by atoms with van der Waals surface area (Å²) in [5.74, 6) is 0.252. The summed E-state index contributed by atoms with van der Waals surface area (Å²) in [6.07, 6.45) is 4.53. The lowest BCUT2D eigenvalue weighted by atomic mass is 10.0. The maximum atomic E-state index is 12.0. The van der Waals surface area contributed by atoms with Crippen molar-refractivity contribution < 1.29 is 4.79 Å². The van der Waals surface area contributed by atoms with E-state index in [1.807, 2.05) is 31.3 Å². The largest absolute Gasteiger partial charge is 0.360 e. The minimum absolute atomic E-state index is 0.252. The summed E-state index contributed by atoms with van der Waals surface area (Å²) in [4.78, 5) is 15.2. The summed E-state index contributed by atoms with van der Waals surface area (Å²) in [7, 11) is 0. The highest BCUT2D eigenvalue weighted by molar-refractivity contribution is 6.08. The fourth-order valence-electron chi connectivity index (χ4n) is 2.06. The highest BCUT2D eigenvalue weighted by atomic mass is 16.1. The lowest BCUT2D eigenvalue weighted by molar-refractivity contribution is 0.0981. The van der Waals surface area contributed by atoms with Crippen molar-refractivity contribution in [2.24, 2.45) is 0 Å². The molecule has 1 heterocycles. The molecule has 0 aliphatic rings. The molecule has 84 valence electrons. The number of fused-ring (bicyclic) bond motifs is 1. The first-order valence-corrected chi connectivity index (χ1v) is 5.84. The number of ketones is 1. The second kappa shape index (κ2) is 4.52. The van der Waals surface area contributed by atoms with E-state index in [4.69, 9.17) is 0 Å². The molecule has 16 heavy (non-hydrogen) atoms. The van der Waals surface area contributed by atoms with Gasteiger partial charge in [-0.15, -0.1) is 0 Å². The van der Waals surface area contributed by atoms with Gasteiger partial charge in [0.1, 0.15) is 0 Å². The first kappa shape index (κ1) is 10.9. The van der Waals surface area contributed by atoms with Crippen LogP contribution in [0.2, 0.25) is 0 Å². The molecular formula is C14H17NO. The van der Waals surface area contributed by atoms with Crippen LogP contribution in [0.15, 0.2) is 24.4 Å². The van der Waals surface area contributed by atoms with E-state index in [0.717, 1.165) is 29.3 Å². The molecule has 1 aromatic carbocycles. The van der Waals surface area contributed by atoms with E-state index in [1.54, 1.807) is 0 Å². The van der Waals surface area contributed by atoms with Crippen LogP contribution in [0.5, 0.6) is 0 Å². The van der Waals surface area contributed by atoms with Crippen molar-refractivity contribution in [2.75, 3.05) is 0 Å². The normalized spacial score (nSPS) is 10.9. The topological polar surface area (TPSA) is 32.9 Å². The number of Topliss-reactive ketones (excluding diaryl/α,β-unsaturated/α-hetero) is 1. The van der Waals surface area contributed by atoms with Gasteiger partial charge in [-0.2, -0.15) is 0 Å². The number of H-pyrrole nitrogens is 1. The molecule has 2 nitrogen and oxygen atoms in total. The number of benzene rings is 1. The number of carbonyl (C=O) groups excluding carboxylic acids is 1. The fourth-order valence-corrected chi connectivity index (χ4v) is 2.06. The molecule has 0 radical (unpaired) electrons. The molecule has 0 amide bonds. The Hall–Kier alpha value is -1.57. The summed E-state index contributed by atoms with van der Waals surface area (Å²) in [5, 5.41) is 1.09. The molecule has 0 aliphatic carbocycles. The first-order valence-electron chi connectivity index (χ1n) is 5.84. The van der Waals surface area contributed by atoms with E-state index in [2.05, 4.69) is 11.9 Å². The van der Waals surface area contributed by atoms with Crippen LogP contribution < -0.4 is 0 Å². The monoisotopic (exact) mass is 215 g/mol. The number of aromatic nitrogens is 1. The Morgan fingerprint density at radius 1 is 1.38 bits per heavy atom. The Balaban J connectivity index is 2.41. The van der Waals surface area contributed by atoms with Crippen LogP contribution in [0.1, 0.15) is 42.1 Å². The van der Waals surface area contributed by atoms with E-state index in [1.165, 1.54) is 5.56 Å². The predicted molar refractivity (Wildman–Crippen MR) is 66.9 cm³/mol. The number of hydrogen-bond acceptors (Lipinski definition) is 1. The standard InChI is InChI=1S/C14H17NO/c1-3-4-8-13(16)11-9-15-12-7-5-6-10(2)14(11)12/h5-7,9,15H,3-4,8H2,1-2H3. The van der Waals surface area contributed by atoms with Crippen LogP contribution in [-0.2, 0) is 0 Å². The van der Waals surface area contributed by atoms with Gasteiger partial charge >= 0.3 is 0 Å². The lowest BCUT2D eigenvalue weighted by Gasteiger charge is -2.00. The maximum Gasteiger partial charge on any atom is 0.165 e. The third-order valence-corrected chi connectivity index (χ3v) is 2.97. The molecule has 1 N–H and O–H groups in total. The molecule has 0 atom stereocenters. The molecule has 0 bridgehead atoms. The van der Waals surface area contributed by atoms with Gasteiger partial charge in [0.2, 0.25) is 0 Å². The van der Waals surface area contributed by atoms with Crippen LogP contribution in [-0.4, -0.2) is 10.8 Å². The quantitative estimate of drug-likeness (QED) is 0.772. The minimum Gasteiger partial charge on any atom is -0.360 e. The van der Waals surface area contributed by atoms with Gasteiger partial charge in [0, 0.05) is 29.1 Å². The Morgan fingerprint density at radius 2 is 2.19 bits per heavy atom. The van der Waals surface area contributed by atoms with Crippen molar-refractivity contribution in [2.45, 2.75) is 33.1 Å². The van der Waals surface area contributed by atoms with Gasteiger partial charge in [0.05, 0.1) is 0 Å². The van der Waals surface area contributed by atoms with Crippen LogP contribution in [0.25, 0.3) is 10.9 Å². The van der Waals surface area contributed by atoms with Gasteiger partial charge in [-0.25, -0.2) is 0 Å². The molecule has 2 rings (SSSR count). The first-order chi connectivity index (χ1) is 7.74. The van der Waals surface area contributed by atoms with E-state index in [0.29, 0.717) is 6.42 Å². The van der Waals surface area contributed by atoms with Crippen molar-refractivity contribution in [3.63, 3.8) is 0 Å². The second-order valence-electron chi connectivity index (χ2n) is 4.23. The van der Waals surface area contributed by atoms with E-state index < -0.39 is 0 Å². The van der Waals surface area contributed by atoms with Gasteiger partial charge in [0.25, 0.3) is 0 Å². The molecule has 2 aromatic rings. The summed E-state index contributed by atoms with van der Waals surface area (Å²) < 4.78 is 0. The predicted octanol–water partition coefficient (Wildman–Crippen LogP) is 3.85. The van der Waals surface area contributed by atoms with Crippen LogP contribution in [0, 0.1) is 6.92 Å². The zero-order valence-electron chi connectivity index (χ0n) is 9.84. The molecule has 2 heteroatoms. The number of aromatic amines is 1. The Labute approximate surface area is 95.7 Å². The molecule has 0 aliphatic heterocycles. The van der Waals surface area contributed by atoms with E-state index in [9.17, 15) is 4.79 Å². The molecule has 0 fully saturated rings. The van der Waals surface area contributed by atoms with Crippen LogP contribution >= 0.6 is 0 Å². The van der Waals surface area contributed by atoms with Crippen molar-refractivity contribution in [3.05, 3.63) is 35.5 Å². The summed E-state index contributed by atoms with van der Waals surface area (Å²) in [6.45, 7) is 4.15. The van der Waals surface area contributed by atoms with Gasteiger partial charge in [-0.1, -0.05) is 25.5 Å². The van der Waals surface area contributed by atoms with Gasteiger partial charge in [-0.3, -0.25) is 4.79 Å². The van der Waals surface area contributed by atoms with E-state index >= 15 is 0 Å². The van der Waals surface area contributed by atoms with Gasteiger partial charge < -0.3 is 4.98 Å². The van der Waals surface area contributed by atoms with E-state index in [-0.39, 0.29) is 5.78 Å². The maximum absolute atomic E-state index is 12.0.